The first-order valence-corrected chi connectivity index (χ1v) is 9.29. The van der Waals surface area contributed by atoms with E-state index in [1.807, 2.05) is 19.4 Å². The Morgan fingerprint density at radius 2 is 2.13 bits per heavy atom. The summed E-state index contributed by atoms with van der Waals surface area (Å²) < 4.78 is 39.6. The topological polar surface area (TPSA) is 73.0 Å². The molecule has 0 aliphatic carbocycles. The molecule has 2 aromatic rings. The average Bonchev–Trinajstić information content (AvgIpc) is 3.10. The van der Waals surface area contributed by atoms with Gasteiger partial charge in [0.15, 0.2) is 9.84 Å². The van der Waals surface area contributed by atoms with Crippen molar-refractivity contribution in [1.82, 2.24) is 24.5 Å². The van der Waals surface area contributed by atoms with Crippen molar-refractivity contribution in [2.24, 2.45) is 7.05 Å². The van der Waals surface area contributed by atoms with E-state index in [-0.39, 0.29) is 24.1 Å². The SMILES string of the molecule is Cn1cc(C2CS(=O)(=O)CCN2Cc2cnn(CCF)c2)cn1. The third-order valence-corrected chi connectivity index (χ3v) is 5.67. The first kappa shape index (κ1) is 16.1. The van der Waals surface area contributed by atoms with Gasteiger partial charge in [-0.25, -0.2) is 12.8 Å². The third-order valence-electron chi connectivity index (χ3n) is 4.04. The quantitative estimate of drug-likeness (QED) is 0.794. The number of alkyl halides is 1. The number of rotatable bonds is 5. The maximum Gasteiger partial charge on any atom is 0.153 e. The minimum atomic E-state index is -3.05. The van der Waals surface area contributed by atoms with Crippen molar-refractivity contribution in [2.45, 2.75) is 19.1 Å². The molecule has 3 heterocycles. The molecule has 0 spiro atoms. The van der Waals surface area contributed by atoms with Gasteiger partial charge in [-0.1, -0.05) is 0 Å². The molecule has 1 fully saturated rings. The van der Waals surface area contributed by atoms with Gasteiger partial charge in [0.25, 0.3) is 0 Å². The minimum Gasteiger partial charge on any atom is -0.290 e. The van der Waals surface area contributed by atoms with Crippen LogP contribution in [-0.2, 0) is 30.0 Å². The summed E-state index contributed by atoms with van der Waals surface area (Å²) in [5, 5.41) is 8.26. The minimum absolute atomic E-state index is 0.0946. The van der Waals surface area contributed by atoms with Crippen molar-refractivity contribution in [3.63, 3.8) is 0 Å². The summed E-state index contributed by atoms with van der Waals surface area (Å²) in [5.41, 5.74) is 1.85. The molecular weight excluding hydrogens is 321 g/mol. The highest BCUT2D eigenvalue weighted by atomic mass is 32.2. The smallest absolute Gasteiger partial charge is 0.153 e. The zero-order valence-electron chi connectivity index (χ0n) is 13.0. The fourth-order valence-corrected chi connectivity index (χ4v) is 4.45. The largest absolute Gasteiger partial charge is 0.290 e. The monoisotopic (exact) mass is 341 g/mol. The molecule has 2 aromatic heterocycles. The molecule has 126 valence electrons. The van der Waals surface area contributed by atoms with Gasteiger partial charge >= 0.3 is 0 Å². The Hall–Kier alpha value is -1.74. The molecule has 0 N–H and O–H groups in total. The summed E-state index contributed by atoms with van der Waals surface area (Å²) in [6.45, 7) is 0.833. The highest BCUT2D eigenvalue weighted by Crippen LogP contribution is 2.28. The van der Waals surface area contributed by atoms with Crippen molar-refractivity contribution in [3.8, 4) is 0 Å². The number of hydrogen-bond acceptors (Lipinski definition) is 5. The standard InChI is InChI=1S/C14H20FN5O2S/c1-18-10-13(7-16-18)14-11-23(21,22)5-4-19(14)8-12-6-17-20(9-12)3-2-15/h6-7,9-10,14H,2-5,8,11H2,1H3. The lowest BCUT2D eigenvalue weighted by molar-refractivity contribution is 0.206. The lowest BCUT2D eigenvalue weighted by Gasteiger charge is -2.34. The molecule has 0 aromatic carbocycles. The van der Waals surface area contributed by atoms with Crippen LogP contribution in [0.3, 0.4) is 0 Å². The first-order chi connectivity index (χ1) is 11.0. The number of hydrogen-bond donors (Lipinski definition) is 0. The van der Waals surface area contributed by atoms with Crippen LogP contribution in [0.15, 0.2) is 24.8 Å². The zero-order chi connectivity index (χ0) is 16.4. The maximum absolute atomic E-state index is 12.4. The van der Waals surface area contributed by atoms with E-state index in [0.29, 0.717) is 13.1 Å². The molecule has 7 nitrogen and oxygen atoms in total. The third kappa shape index (κ3) is 3.78. The van der Waals surface area contributed by atoms with Gasteiger partial charge < -0.3 is 0 Å². The first-order valence-electron chi connectivity index (χ1n) is 7.47. The second-order valence-electron chi connectivity index (χ2n) is 5.85. The van der Waals surface area contributed by atoms with E-state index in [1.165, 1.54) is 0 Å². The maximum atomic E-state index is 12.4. The van der Waals surface area contributed by atoms with E-state index in [9.17, 15) is 12.8 Å². The van der Waals surface area contributed by atoms with E-state index >= 15 is 0 Å². The molecule has 1 aliphatic rings. The molecule has 23 heavy (non-hydrogen) atoms. The van der Waals surface area contributed by atoms with Crippen molar-refractivity contribution in [1.29, 1.82) is 0 Å². The van der Waals surface area contributed by atoms with Gasteiger partial charge in [-0.2, -0.15) is 10.2 Å². The molecule has 1 saturated heterocycles. The number of aromatic nitrogens is 4. The van der Waals surface area contributed by atoms with Gasteiger partial charge in [0.05, 0.1) is 36.5 Å². The number of halogens is 1. The molecule has 1 unspecified atom stereocenters. The fourth-order valence-electron chi connectivity index (χ4n) is 2.88. The highest BCUT2D eigenvalue weighted by molar-refractivity contribution is 7.91. The molecule has 1 atom stereocenters. The predicted molar refractivity (Wildman–Crippen MR) is 83.2 cm³/mol. The van der Waals surface area contributed by atoms with Crippen LogP contribution in [0.4, 0.5) is 4.39 Å². The van der Waals surface area contributed by atoms with Gasteiger partial charge in [-0.3, -0.25) is 14.3 Å². The molecule has 0 saturated carbocycles. The summed E-state index contributed by atoms with van der Waals surface area (Å²) in [6.07, 6.45) is 7.08. The summed E-state index contributed by atoms with van der Waals surface area (Å²) in [5.74, 6) is 0.250. The van der Waals surface area contributed by atoms with Crippen LogP contribution in [0, 0.1) is 0 Å². The van der Waals surface area contributed by atoms with Crippen LogP contribution in [0.2, 0.25) is 0 Å². The molecule has 0 bridgehead atoms. The van der Waals surface area contributed by atoms with Gasteiger partial charge in [0, 0.05) is 43.7 Å². The number of nitrogens with zero attached hydrogens (tertiary/aromatic N) is 5. The van der Waals surface area contributed by atoms with Crippen LogP contribution in [-0.4, -0.2) is 57.6 Å². The van der Waals surface area contributed by atoms with Crippen LogP contribution < -0.4 is 0 Å². The lowest BCUT2D eigenvalue weighted by atomic mass is 10.1. The van der Waals surface area contributed by atoms with Gasteiger partial charge in [0.1, 0.15) is 6.67 Å². The number of sulfone groups is 1. The van der Waals surface area contributed by atoms with Crippen molar-refractivity contribution < 1.29 is 12.8 Å². The van der Waals surface area contributed by atoms with E-state index in [1.54, 1.807) is 21.8 Å². The Labute approximate surface area is 134 Å². The predicted octanol–water partition coefficient (Wildman–Crippen LogP) is 0.558. The van der Waals surface area contributed by atoms with Crippen molar-refractivity contribution in [3.05, 3.63) is 35.9 Å². The highest BCUT2D eigenvalue weighted by Gasteiger charge is 2.33. The lowest BCUT2D eigenvalue weighted by Crippen LogP contribution is -2.42. The van der Waals surface area contributed by atoms with Crippen molar-refractivity contribution in [2.75, 3.05) is 24.7 Å². The van der Waals surface area contributed by atoms with Crippen LogP contribution in [0.25, 0.3) is 0 Å². The second-order valence-corrected chi connectivity index (χ2v) is 8.08. The van der Waals surface area contributed by atoms with Crippen LogP contribution in [0.1, 0.15) is 17.2 Å². The Morgan fingerprint density at radius 1 is 1.30 bits per heavy atom. The summed E-state index contributed by atoms with van der Waals surface area (Å²) in [6, 6.07) is -0.216. The molecule has 1 aliphatic heterocycles. The van der Waals surface area contributed by atoms with Crippen LogP contribution >= 0.6 is 0 Å². The number of aryl methyl sites for hydroxylation is 2. The van der Waals surface area contributed by atoms with E-state index in [4.69, 9.17) is 0 Å². The zero-order valence-corrected chi connectivity index (χ0v) is 13.8. The molecule has 0 amide bonds. The van der Waals surface area contributed by atoms with Crippen LogP contribution in [0.5, 0.6) is 0 Å². The Bertz CT molecular complexity index is 770. The van der Waals surface area contributed by atoms with Crippen molar-refractivity contribution >= 4 is 9.84 Å². The summed E-state index contributed by atoms with van der Waals surface area (Å²) in [7, 11) is -1.24. The normalized spacial score (nSPS) is 21.6. The fraction of sp³-hybridized carbons (Fsp3) is 0.571. The molecule has 9 heteroatoms. The summed E-state index contributed by atoms with van der Waals surface area (Å²) in [4.78, 5) is 2.12. The Balaban J connectivity index is 1.80. The Kier molecular flexibility index (Phi) is 4.49. The molecular formula is C14H20FN5O2S. The molecule has 0 radical (unpaired) electrons. The van der Waals surface area contributed by atoms with Gasteiger partial charge in [0.2, 0.25) is 0 Å². The van der Waals surface area contributed by atoms with Gasteiger partial charge in [-0.15, -0.1) is 0 Å². The van der Waals surface area contributed by atoms with Gasteiger partial charge in [-0.05, 0) is 0 Å². The summed E-state index contributed by atoms with van der Waals surface area (Å²) >= 11 is 0. The van der Waals surface area contributed by atoms with E-state index < -0.39 is 16.5 Å². The van der Waals surface area contributed by atoms with E-state index in [2.05, 4.69) is 15.1 Å². The van der Waals surface area contributed by atoms with E-state index in [0.717, 1.165) is 11.1 Å². The average molecular weight is 341 g/mol. The molecule has 3 rings (SSSR count). The Morgan fingerprint density at radius 3 is 2.83 bits per heavy atom. The second kappa shape index (κ2) is 6.40.